The lowest BCUT2D eigenvalue weighted by molar-refractivity contribution is 0.244. The molecular formula is C14H16ClNO3S. The van der Waals surface area contributed by atoms with Crippen molar-refractivity contribution in [1.82, 2.24) is 0 Å². The maximum Gasteiger partial charge on any atom is 0.129 e. The molecule has 6 heteroatoms. The molecule has 0 saturated carbocycles. The Labute approximate surface area is 125 Å². The number of hydrogen-bond acceptors (Lipinski definition) is 4. The fourth-order valence-electron chi connectivity index (χ4n) is 1.81. The minimum absolute atomic E-state index is 0.104. The van der Waals surface area contributed by atoms with E-state index < -0.39 is 10.8 Å². The summed E-state index contributed by atoms with van der Waals surface area (Å²) >= 11 is 6.07. The molecular weight excluding hydrogens is 298 g/mol. The minimum atomic E-state index is -0.931. The van der Waals surface area contributed by atoms with Gasteiger partial charge in [-0.1, -0.05) is 11.6 Å². The van der Waals surface area contributed by atoms with Crippen LogP contribution in [0.3, 0.4) is 0 Å². The van der Waals surface area contributed by atoms with Crippen LogP contribution in [0.25, 0.3) is 0 Å². The van der Waals surface area contributed by atoms with Gasteiger partial charge in [-0.25, -0.2) is 0 Å². The van der Waals surface area contributed by atoms with E-state index in [0.717, 1.165) is 17.0 Å². The first-order valence-electron chi connectivity index (χ1n) is 6.09. The number of benzene rings is 1. The normalized spacial score (nSPS) is 12.3. The van der Waals surface area contributed by atoms with Crippen LogP contribution in [0.15, 0.2) is 34.7 Å². The lowest BCUT2D eigenvalue weighted by Crippen LogP contribution is -2.00. The van der Waals surface area contributed by atoms with Crippen molar-refractivity contribution in [3.8, 4) is 0 Å². The molecule has 0 unspecified atom stereocenters. The van der Waals surface area contributed by atoms with Gasteiger partial charge in [0.05, 0.1) is 6.54 Å². The van der Waals surface area contributed by atoms with Crippen molar-refractivity contribution in [2.24, 2.45) is 0 Å². The standard InChI is InChI=1S/C14H16ClNO3S/c1-20(18)9-10-6-11(2-5-14(10)15)16-7-12-3-4-13(8-17)19-12/h2-6,16-17H,7-9H2,1H3/t20-/m1/s1. The Balaban J connectivity index is 2.03. The van der Waals surface area contributed by atoms with E-state index >= 15 is 0 Å². The average molecular weight is 314 g/mol. The summed E-state index contributed by atoms with van der Waals surface area (Å²) in [7, 11) is -0.931. The van der Waals surface area contributed by atoms with Gasteiger partial charge in [0.1, 0.15) is 18.1 Å². The Bertz CT molecular complexity index is 612. The lowest BCUT2D eigenvalue weighted by atomic mass is 10.2. The molecule has 1 aromatic carbocycles. The van der Waals surface area contributed by atoms with Crippen molar-refractivity contribution in [2.45, 2.75) is 18.9 Å². The monoisotopic (exact) mass is 313 g/mol. The number of hydrogen-bond donors (Lipinski definition) is 2. The van der Waals surface area contributed by atoms with Gasteiger partial charge in [-0.15, -0.1) is 0 Å². The molecule has 0 radical (unpaired) electrons. The average Bonchev–Trinajstić information content (AvgIpc) is 2.87. The molecule has 1 heterocycles. The second-order valence-corrected chi connectivity index (χ2v) is 6.25. The van der Waals surface area contributed by atoms with E-state index in [9.17, 15) is 4.21 Å². The Morgan fingerprint density at radius 3 is 2.70 bits per heavy atom. The van der Waals surface area contributed by atoms with Crippen LogP contribution in [0.1, 0.15) is 17.1 Å². The Hall–Kier alpha value is -1.30. The van der Waals surface area contributed by atoms with Gasteiger partial charge in [-0.2, -0.15) is 0 Å². The van der Waals surface area contributed by atoms with Gasteiger partial charge >= 0.3 is 0 Å². The van der Waals surface area contributed by atoms with E-state index in [1.54, 1.807) is 18.4 Å². The predicted octanol–water partition coefficient (Wildman–Crippen LogP) is 2.92. The largest absolute Gasteiger partial charge is 0.462 e. The summed E-state index contributed by atoms with van der Waals surface area (Å²) in [5, 5.41) is 12.8. The van der Waals surface area contributed by atoms with E-state index in [1.165, 1.54) is 0 Å². The van der Waals surface area contributed by atoms with Crippen molar-refractivity contribution < 1.29 is 13.7 Å². The third-order valence-corrected chi connectivity index (χ3v) is 3.83. The van der Waals surface area contributed by atoms with E-state index in [-0.39, 0.29) is 6.61 Å². The quantitative estimate of drug-likeness (QED) is 0.860. The first-order valence-corrected chi connectivity index (χ1v) is 8.20. The van der Waals surface area contributed by atoms with Crippen LogP contribution < -0.4 is 5.32 Å². The van der Waals surface area contributed by atoms with Crippen molar-refractivity contribution in [2.75, 3.05) is 11.6 Å². The molecule has 2 rings (SSSR count). The summed E-state index contributed by atoms with van der Waals surface area (Å²) in [4.78, 5) is 0. The highest BCUT2D eigenvalue weighted by atomic mass is 35.5. The molecule has 2 aromatic rings. The number of rotatable bonds is 6. The number of nitrogens with one attached hydrogen (secondary N) is 1. The fraction of sp³-hybridized carbons (Fsp3) is 0.286. The molecule has 0 spiro atoms. The third-order valence-electron chi connectivity index (χ3n) is 2.74. The van der Waals surface area contributed by atoms with Crippen LogP contribution in [0.2, 0.25) is 5.02 Å². The first-order chi connectivity index (χ1) is 9.58. The summed E-state index contributed by atoms with van der Waals surface area (Å²) in [6.07, 6.45) is 1.65. The molecule has 1 aromatic heterocycles. The van der Waals surface area contributed by atoms with Crippen LogP contribution in [0.4, 0.5) is 5.69 Å². The van der Waals surface area contributed by atoms with Gasteiger partial charge in [0.15, 0.2) is 0 Å². The zero-order chi connectivity index (χ0) is 14.5. The Kier molecular flexibility index (Phi) is 5.23. The van der Waals surface area contributed by atoms with Gasteiger partial charge in [0.2, 0.25) is 0 Å². The summed E-state index contributed by atoms with van der Waals surface area (Å²) < 4.78 is 16.7. The molecule has 0 aliphatic carbocycles. The number of aliphatic hydroxyl groups is 1. The van der Waals surface area contributed by atoms with Crippen molar-refractivity contribution in [1.29, 1.82) is 0 Å². The number of anilines is 1. The second-order valence-electron chi connectivity index (χ2n) is 4.40. The van der Waals surface area contributed by atoms with E-state index in [4.69, 9.17) is 21.1 Å². The van der Waals surface area contributed by atoms with Gasteiger partial charge in [-0.3, -0.25) is 4.21 Å². The highest BCUT2D eigenvalue weighted by molar-refractivity contribution is 7.83. The Morgan fingerprint density at radius 1 is 1.30 bits per heavy atom. The molecule has 0 saturated heterocycles. The molecule has 0 amide bonds. The van der Waals surface area contributed by atoms with Gasteiger partial charge in [0.25, 0.3) is 0 Å². The van der Waals surface area contributed by atoms with Crippen LogP contribution in [-0.4, -0.2) is 15.6 Å². The fourth-order valence-corrected chi connectivity index (χ4v) is 2.75. The molecule has 0 fully saturated rings. The topological polar surface area (TPSA) is 62.5 Å². The predicted molar refractivity (Wildman–Crippen MR) is 81.2 cm³/mol. The van der Waals surface area contributed by atoms with Crippen LogP contribution >= 0.6 is 11.6 Å². The summed E-state index contributed by atoms with van der Waals surface area (Å²) in [5.74, 6) is 1.72. The lowest BCUT2D eigenvalue weighted by Gasteiger charge is -2.08. The first kappa shape index (κ1) is 15.1. The smallest absolute Gasteiger partial charge is 0.129 e. The highest BCUT2D eigenvalue weighted by Gasteiger charge is 2.05. The van der Waals surface area contributed by atoms with Gasteiger partial charge < -0.3 is 14.8 Å². The molecule has 0 bridgehead atoms. The SMILES string of the molecule is C[S@@](=O)Cc1cc(NCc2ccc(CO)o2)ccc1Cl. The molecule has 0 aliphatic heterocycles. The highest BCUT2D eigenvalue weighted by Crippen LogP contribution is 2.22. The van der Waals surface area contributed by atoms with Crippen molar-refractivity contribution in [3.05, 3.63) is 52.4 Å². The van der Waals surface area contributed by atoms with E-state index in [1.807, 2.05) is 18.2 Å². The molecule has 2 N–H and O–H groups in total. The Morgan fingerprint density at radius 2 is 2.05 bits per heavy atom. The second kappa shape index (κ2) is 6.92. The maximum absolute atomic E-state index is 11.3. The van der Waals surface area contributed by atoms with Crippen LogP contribution in [0.5, 0.6) is 0 Å². The maximum atomic E-state index is 11.3. The minimum Gasteiger partial charge on any atom is -0.462 e. The zero-order valence-electron chi connectivity index (χ0n) is 11.1. The summed E-state index contributed by atoms with van der Waals surface area (Å²) in [5.41, 5.74) is 1.74. The number of halogens is 1. The number of aliphatic hydroxyl groups excluding tert-OH is 1. The third kappa shape index (κ3) is 4.10. The van der Waals surface area contributed by atoms with Crippen molar-refractivity contribution in [3.63, 3.8) is 0 Å². The number of furan rings is 1. The summed E-state index contributed by atoms with van der Waals surface area (Å²) in [6.45, 7) is 0.406. The van der Waals surface area contributed by atoms with Gasteiger partial charge in [-0.05, 0) is 35.9 Å². The van der Waals surface area contributed by atoms with Crippen molar-refractivity contribution >= 4 is 28.1 Å². The molecule has 108 valence electrons. The molecule has 1 atom stereocenters. The van der Waals surface area contributed by atoms with Crippen LogP contribution in [0, 0.1) is 0 Å². The summed E-state index contributed by atoms with van der Waals surface area (Å²) in [6, 6.07) is 9.09. The van der Waals surface area contributed by atoms with Gasteiger partial charge in [0, 0.05) is 33.5 Å². The van der Waals surface area contributed by atoms with E-state index in [0.29, 0.717) is 23.1 Å². The molecule has 0 aliphatic rings. The zero-order valence-corrected chi connectivity index (χ0v) is 12.6. The van der Waals surface area contributed by atoms with E-state index in [2.05, 4.69) is 5.32 Å². The molecule has 20 heavy (non-hydrogen) atoms. The van der Waals surface area contributed by atoms with Crippen LogP contribution in [-0.2, 0) is 29.7 Å². The molecule has 4 nitrogen and oxygen atoms in total.